The van der Waals surface area contributed by atoms with Crippen LogP contribution in [0.3, 0.4) is 0 Å². The molecule has 2 heterocycles. The molecule has 128 valence electrons. The van der Waals surface area contributed by atoms with Gasteiger partial charge < -0.3 is 14.6 Å². The van der Waals surface area contributed by atoms with Crippen LogP contribution in [0.15, 0.2) is 47.9 Å². The van der Waals surface area contributed by atoms with E-state index in [0.717, 1.165) is 31.2 Å². The second-order valence-electron chi connectivity index (χ2n) is 6.14. The standard InChI is InChI=1S/C18H23N3O2S/c1-21-10-9-19-17(21)24-13-16(22)20-14-18(7-11-23-12-8-18)15-5-3-2-4-6-15/h2-6,9-10H,7-8,11-14H2,1H3,(H,20,22). The highest BCUT2D eigenvalue weighted by molar-refractivity contribution is 7.99. The summed E-state index contributed by atoms with van der Waals surface area (Å²) in [6.07, 6.45) is 5.49. The van der Waals surface area contributed by atoms with Crippen LogP contribution in [0.25, 0.3) is 0 Å². The number of aromatic nitrogens is 2. The van der Waals surface area contributed by atoms with Gasteiger partial charge in [0.1, 0.15) is 0 Å². The number of nitrogens with one attached hydrogen (secondary N) is 1. The Morgan fingerprint density at radius 2 is 2.08 bits per heavy atom. The van der Waals surface area contributed by atoms with E-state index in [2.05, 4.69) is 34.6 Å². The fraction of sp³-hybridized carbons (Fsp3) is 0.444. The maximum Gasteiger partial charge on any atom is 0.230 e. The molecule has 0 bridgehead atoms. The first-order chi connectivity index (χ1) is 11.7. The van der Waals surface area contributed by atoms with E-state index in [-0.39, 0.29) is 11.3 Å². The topological polar surface area (TPSA) is 56.2 Å². The molecule has 0 unspecified atom stereocenters. The van der Waals surface area contributed by atoms with Gasteiger partial charge in [0.2, 0.25) is 5.91 Å². The van der Waals surface area contributed by atoms with Crippen LogP contribution in [0.5, 0.6) is 0 Å². The molecule has 0 atom stereocenters. The quantitative estimate of drug-likeness (QED) is 0.817. The van der Waals surface area contributed by atoms with Gasteiger partial charge in [-0.15, -0.1) is 0 Å². The zero-order valence-electron chi connectivity index (χ0n) is 13.9. The Kier molecular flexibility index (Phi) is 5.58. The van der Waals surface area contributed by atoms with Crippen molar-refractivity contribution in [2.45, 2.75) is 23.4 Å². The molecule has 0 aliphatic carbocycles. The van der Waals surface area contributed by atoms with Crippen LogP contribution in [0.1, 0.15) is 18.4 Å². The van der Waals surface area contributed by atoms with Crippen molar-refractivity contribution in [2.75, 3.05) is 25.5 Å². The highest BCUT2D eigenvalue weighted by Crippen LogP contribution is 2.34. The first-order valence-corrected chi connectivity index (χ1v) is 9.18. The monoisotopic (exact) mass is 345 g/mol. The molecular weight excluding hydrogens is 322 g/mol. The molecule has 3 rings (SSSR count). The molecular formula is C18H23N3O2S. The molecule has 1 aliphatic rings. The van der Waals surface area contributed by atoms with E-state index >= 15 is 0 Å². The lowest BCUT2D eigenvalue weighted by atomic mass is 9.74. The summed E-state index contributed by atoms with van der Waals surface area (Å²) in [4.78, 5) is 16.5. The van der Waals surface area contributed by atoms with E-state index in [4.69, 9.17) is 4.74 Å². The summed E-state index contributed by atoms with van der Waals surface area (Å²) in [5.74, 6) is 0.427. The van der Waals surface area contributed by atoms with E-state index in [1.807, 2.05) is 23.9 Å². The van der Waals surface area contributed by atoms with Crippen LogP contribution < -0.4 is 5.32 Å². The smallest absolute Gasteiger partial charge is 0.230 e. The van der Waals surface area contributed by atoms with Gasteiger partial charge >= 0.3 is 0 Å². The molecule has 2 aromatic rings. The summed E-state index contributed by atoms with van der Waals surface area (Å²) in [5, 5.41) is 3.98. The van der Waals surface area contributed by atoms with Gasteiger partial charge in [-0.25, -0.2) is 4.98 Å². The molecule has 1 amide bonds. The predicted molar refractivity (Wildman–Crippen MR) is 95.1 cm³/mol. The number of imidazole rings is 1. The Balaban J connectivity index is 1.59. The first-order valence-electron chi connectivity index (χ1n) is 8.20. The van der Waals surface area contributed by atoms with E-state index in [0.29, 0.717) is 12.3 Å². The third kappa shape index (κ3) is 3.99. The van der Waals surface area contributed by atoms with Gasteiger partial charge in [0, 0.05) is 44.6 Å². The van der Waals surface area contributed by atoms with Crippen LogP contribution in [-0.4, -0.2) is 41.0 Å². The second-order valence-corrected chi connectivity index (χ2v) is 7.09. The summed E-state index contributed by atoms with van der Waals surface area (Å²) >= 11 is 1.46. The lowest BCUT2D eigenvalue weighted by Crippen LogP contribution is -2.45. The molecule has 1 saturated heterocycles. The lowest BCUT2D eigenvalue weighted by Gasteiger charge is -2.38. The number of carbonyl (C=O) groups excluding carboxylic acids is 1. The number of benzene rings is 1. The van der Waals surface area contributed by atoms with E-state index in [1.165, 1.54) is 17.3 Å². The second kappa shape index (κ2) is 7.85. The highest BCUT2D eigenvalue weighted by Gasteiger charge is 2.34. The number of ether oxygens (including phenoxy) is 1. The summed E-state index contributed by atoms with van der Waals surface area (Å²) < 4.78 is 7.45. The van der Waals surface area contributed by atoms with Crippen molar-refractivity contribution in [3.8, 4) is 0 Å². The average Bonchev–Trinajstić information content (AvgIpc) is 3.05. The number of hydrogen-bond acceptors (Lipinski definition) is 4. The number of hydrogen-bond donors (Lipinski definition) is 1. The van der Waals surface area contributed by atoms with Crippen LogP contribution in [-0.2, 0) is 22.0 Å². The minimum atomic E-state index is -0.0247. The van der Waals surface area contributed by atoms with Gasteiger partial charge in [-0.2, -0.15) is 0 Å². The van der Waals surface area contributed by atoms with Crippen molar-refractivity contribution in [3.05, 3.63) is 48.3 Å². The average molecular weight is 345 g/mol. The Morgan fingerprint density at radius 1 is 1.33 bits per heavy atom. The molecule has 0 spiro atoms. The Bertz CT molecular complexity index is 666. The SMILES string of the molecule is Cn1ccnc1SCC(=O)NCC1(c2ccccc2)CCOCC1. The first kappa shape index (κ1) is 17.0. The molecule has 1 aromatic heterocycles. The fourth-order valence-electron chi connectivity index (χ4n) is 3.06. The van der Waals surface area contributed by atoms with Crippen molar-refractivity contribution >= 4 is 17.7 Å². The largest absolute Gasteiger partial charge is 0.381 e. The van der Waals surface area contributed by atoms with Crippen molar-refractivity contribution in [2.24, 2.45) is 7.05 Å². The molecule has 0 saturated carbocycles. The number of amides is 1. The molecule has 6 heteroatoms. The van der Waals surface area contributed by atoms with Crippen molar-refractivity contribution in [1.29, 1.82) is 0 Å². The Hall–Kier alpha value is -1.79. The third-order valence-corrected chi connectivity index (χ3v) is 5.63. The molecule has 24 heavy (non-hydrogen) atoms. The van der Waals surface area contributed by atoms with Crippen molar-refractivity contribution < 1.29 is 9.53 Å². The molecule has 5 nitrogen and oxygen atoms in total. The minimum Gasteiger partial charge on any atom is -0.381 e. The molecule has 1 aromatic carbocycles. The zero-order valence-corrected chi connectivity index (χ0v) is 14.7. The van der Waals surface area contributed by atoms with Gasteiger partial charge in [-0.1, -0.05) is 42.1 Å². The van der Waals surface area contributed by atoms with Gasteiger partial charge in [0.25, 0.3) is 0 Å². The number of aryl methyl sites for hydroxylation is 1. The van der Waals surface area contributed by atoms with Crippen molar-refractivity contribution in [1.82, 2.24) is 14.9 Å². The maximum atomic E-state index is 12.3. The van der Waals surface area contributed by atoms with Gasteiger partial charge in [-0.05, 0) is 18.4 Å². The molecule has 1 N–H and O–H groups in total. The van der Waals surface area contributed by atoms with E-state index in [1.54, 1.807) is 6.20 Å². The normalized spacial score (nSPS) is 16.7. The highest BCUT2D eigenvalue weighted by atomic mass is 32.2. The predicted octanol–water partition coefficient (Wildman–Crippen LogP) is 2.38. The number of nitrogens with zero attached hydrogens (tertiary/aromatic N) is 2. The summed E-state index contributed by atoms with van der Waals surface area (Å²) in [6.45, 7) is 2.14. The Morgan fingerprint density at radius 3 is 2.75 bits per heavy atom. The van der Waals surface area contributed by atoms with Crippen LogP contribution in [0.4, 0.5) is 0 Å². The zero-order chi connectivity index (χ0) is 16.8. The third-order valence-electron chi connectivity index (χ3n) is 4.57. The Labute approximate surface area is 146 Å². The van der Waals surface area contributed by atoms with Gasteiger partial charge in [0.15, 0.2) is 5.16 Å². The number of carbonyl (C=O) groups is 1. The van der Waals surface area contributed by atoms with E-state index in [9.17, 15) is 4.79 Å². The van der Waals surface area contributed by atoms with E-state index < -0.39 is 0 Å². The van der Waals surface area contributed by atoms with Crippen LogP contribution >= 0.6 is 11.8 Å². The minimum absolute atomic E-state index is 0.0247. The fourth-order valence-corrected chi connectivity index (χ4v) is 3.82. The number of thioether (sulfide) groups is 1. The van der Waals surface area contributed by atoms with Crippen molar-refractivity contribution in [3.63, 3.8) is 0 Å². The number of rotatable bonds is 6. The lowest BCUT2D eigenvalue weighted by molar-refractivity contribution is -0.119. The summed E-state index contributed by atoms with van der Waals surface area (Å²) in [6, 6.07) is 10.5. The van der Waals surface area contributed by atoms with Gasteiger partial charge in [-0.3, -0.25) is 4.79 Å². The molecule has 1 aliphatic heterocycles. The van der Waals surface area contributed by atoms with Crippen LogP contribution in [0.2, 0.25) is 0 Å². The summed E-state index contributed by atoms with van der Waals surface area (Å²) in [7, 11) is 1.93. The van der Waals surface area contributed by atoms with Gasteiger partial charge in [0.05, 0.1) is 5.75 Å². The van der Waals surface area contributed by atoms with Crippen LogP contribution in [0, 0.1) is 0 Å². The molecule has 0 radical (unpaired) electrons. The maximum absolute atomic E-state index is 12.3. The summed E-state index contributed by atoms with van der Waals surface area (Å²) in [5.41, 5.74) is 1.26. The molecule has 1 fully saturated rings.